The van der Waals surface area contributed by atoms with Gasteiger partial charge in [0.1, 0.15) is 0 Å². The van der Waals surface area contributed by atoms with E-state index in [1.807, 2.05) is 29.6 Å². The molecule has 1 aromatic heterocycles. The van der Waals surface area contributed by atoms with Gasteiger partial charge in [-0.15, -0.1) is 11.3 Å². The van der Waals surface area contributed by atoms with Crippen molar-refractivity contribution in [1.82, 2.24) is 10.2 Å². The Bertz CT molecular complexity index is 696. The lowest BCUT2D eigenvalue weighted by molar-refractivity contribution is -0.129. The molecular weight excluding hydrogens is 308 g/mol. The lowest BCUT2D eigenvalue weighted by atomic mass is 10.0. The number of ketones is 1. The van der Waals surface area contributed by atoms with E-state index in [9.17, 15) is 9.59 Å². The van der Waals surface area contributed by atoms with Gasteiger partial charge in [0, 0.05) is 19.6 Å². The van der Waals surface area contributed by atoms with Gasteiger partial charge in [0.25, 0.3) is 0 Å². The summed E-state index contributed by atoms with van der Waals surface area (Å²) in [4.78, 5) is 26.7. The molecule has 1 atom stereocenters. The second-order valence-corrected chi connectivity index (χ2v) is 6.75. The molecule has 0 aliphatic carbocycles. The summed E-state index contributed by atoms with van der Waals surface area (Å²) >= 11 is 1.48. The molecule has 0 radical (unpaired) electrons. The second kappa shape index (κ2) is 7.06. The van der Waals surface area contributed by atoms with Crippen LogP contribution in [0.5, 0.6) is 0 Å². The van der Waals surface area contributed by atoms with Gasteiger partial charge in [0.05, 0.1) is 10.9 Å². The second-order valence-electron chi connectivity index (χ2n) is 5.84. The van der Waals surface area contributed by atoms with Gasteiger partial charge in [0.2, 0.25) is 5.91 Å². The summed E-state index contributed by atoms with van der Waals surface area (Å²) in [7, 11) is 0. The van der Waals surface area contributed by atoms with E-state index in [0.717, 1.165) is 22.5 Å². The van der Waals surface area contributed by atoms with Crippen LogP contribution in [0.15, 0.2) is 41.8 Å². The summed E-state index contributed by atoms with van der Waals surface area (Å²) in [5.41, 5.74) is 2.27. The van der Waals surface area contributed by atoms with Crippen molar-refractivity contribution < 1.29 is 9.59 Å². The van der Waals surface area contributed by atoms with E-state index in [-0.39, 0.29) is 17.7 Å². The fraction of sp³-hybridized carbons (Fsp3) is 0.333. The minimum Gasteiger partial charge on any atom is -0.353 e. The van der Waals surface area contributed by atoms with Crippen LogP contribution in [-0.4, -0.2) is 35.7 Å². The highest BCUT2D eigenvalue weighted by Crippen LogP contribution is 2.20. The summed E-state index contributed by atoms with van der Waals surface area (Å²) in [6.07, 6.45) is 0.705. The van der Waals surface area contributed by atoms with Gasteiger partial charge in [-0.25, -0.2) is 0 Å². The van der Waals surface area contributed by atoms with Gasteiger partial charge in [0.15, 0.2) is 5.78 Å². The van der Waals surface area contributed by atoms with Crippen molar-refractivity contribution in [3.05, 3.63) is 57.8 Å². The maximum atomic E-state index is 12.3. The molecular formula is C18H20N2O2S. The predicted molar refractivity (Wildman–Crippen MR) is 91.7 cm³/mol. The van der Waals surface area contributed by atoms with Crippen LogP contribution in [0.4, 0.5) is 0 Å². The zero-order chi connectivity index (χ0) is 16.2. The molecule has 2 aromatic rings. The summed E-state index contributed by atoms with van der Waals surface area (Å²) in [6.45, 7) is 3.79. The number of piperazine rings is 1. The van der Waals surface area contributed by atoms with Crippen LogP contribution in [0, 0.1) is 0 Å². The average molecular weight is 328 g/mol. The molecule has 0 unspecified atom stereocenters. The standard InChI is InChI=1S/C18H20N2O2S/c1-13(21)17-10-15(12-23-17)11-20-8-7-19-18(22)16(20)9-14-5-3-2-4-6-14/h2-6,10,12,16H,7-9,11H2,1H3,(H,19,22)/t16-/m0/s1. The number of hydrogen-bond acceptors (Lipinski definition) is 4. The van der Waals surface area contributed by atoms with Gasteiger partial charge in [-0.2, -0.15) is 0 Å². The number of carbonyl (C=O) groups excluding carboxylic acids is 2. The van der Waals surface area contributed by atoms with E-state index in [4.69, 9.17) is 0 Å². The highest BCUT2D eigenvalue weighted by Gasteiger charge is 2.29. The Kier molecular flexibility index (Phi) is 4.88. The van der Waals surface area contributed by atoms with Crippen molar-refractivity contribution in [2.75, 3.05) is 13.1 Å². The number of nitrogens with zero attached hydrogens (tertiary/aromatic N) is 1. The number of amides is 1. The zero-order valence-corrected chi connectivity index (χ0v) is 13.9. The molecule has 5 heteroatoms. The van der Waals surface area contributed by atoms with Crippen LogP contribution >= 0.6 is 11.3 Å². The van der Waals surface area contributed by atoms with Crippen LogP contribution in [0.2, 0.25) is 0 Å². The Morgan fingerprint density at radius 1 is 1.30 bits per heavy atom. The molecule has 1 amide bonds. The van der Waals surface area contributed by atoms with E-state index in [2.05, 4.69) is 22.3 Å². The topological polar surface area (TPSA) is 49.4 Å². The van der Waals surface area contributed by atoms with Crippen molar-refractivity contribution in [3.8, 4) is 0 Å². The van der Waals surface area contributed by atoms with E-state index in [1.54, 1.807) is 6.92 Å². The molecule has 1 aliphatic rings. The number of carbonyl (C=O) groups is 2. The SMILES string of the molecule is CC(=O)c1cc(CN2CCNC(=O)[C@@H]2Cc2ccccc2)cs1. The quantitative estimate of drug-likeness (QED) is 0.858. The average Bonchev–Trinajstić information content (AvgIpc) is 3.01. The summed E-state index contributed by atoms with van der Waals surface area (Å²) < 4.78 is 0. The Hall–Kier alpha value is -1.98. The molecule has 0 bridgehead atoms. The maximum Gasteiger partial charge on any atom is 0.237 e. The molecule has 2 heterocycles. The number of benzene rings is 1. The van der Waals surface area contributed by atoms with Gasteiger partial charge in [-0.05, 0) is 35.9 Å². The third-order valence-corrected chi connectivity index (χ3v) is 5.18. The van der Waals surface area contributed by atoms with E-state index >= 15 is 0 Å². The molecule has 3 rings (SSSR count). The molecule has 0 saturated carbocycles. The zero-order valence-electron chi connectivity index (χ0n) is 13.1. The highest BCUT2D eigenvalue weighted by molar-refractivity contribution is 7.12. The number of Topliss-reactive ketones (excluding diaryl/α,β-unsaturated/α-hetero) is 1. The lowest BCUT2D eigenvalue weighted by Crippen LogP contribution is -2.55. The molecule has 23 heavy (non-hydrogen) atoms. The summed E-state index contributed by atoms with van der Waals surface area (Å²) in [6, 6.07) is 11.9. The minimum atomic E-state index is -0.160. The number of rotatable bonds is 5. The van der Waals surface area contributed by atoms with Crippen LogP contribution in [-0.2, 0) is 17.8 Å². The van der Waals surface area contributed by atoms with Crippen molar-refractivity contribution >= 4 is 23.0 Å². The van der Waals surface area contributed by atoms with Gasteiger partial charge < -0.3 is 5.32 Å². The van der Waals surface area contributed by atoms with Crippen LogP contribution in [0.3, 0.4) is 0 Å². The molecule has 120 valence electrons. The fourth-order valence-corrected chi connectivity index (χ4v) is 3.69. The van der Waals surface area contributed by atoms with E-state index in [0.29, 0.717) is 19.5 Å². The van der Waals surface area contributed by atoms with Crippen LogP contribution in [0.25, 0.3) is 0 Å². The number of hydrogen-bond donors (Lipinski definition) is 1. The molecule has 0 spiro atoms. The van der Waals surface area contributed by atoms with Gasteiger partial charge in [-0.3, -0.25) is 14.5 Å². The molecule has 1 fully saturated rings. The van der Waals surface area contributed by atoms with Crippen molar-refractivity contribution in [2.45, 2.75) is 25.9 Å². The molecule has 1 aromatic carbocycles. The van der Waals surface area contributed by atoms with Gasteiger partial charge in [-0.1, -0.05) is 30.3 Å². The smallest absolute Gasteiger partial charge is 0.237 e. The third-order valence-electron chi connectivity index (χ3n) is 4.10. The monoisotopic (exact) mass is 328 g/mol. The maximum absolute atomic E-state index is 12.3. The molecule has 1 N–H and O–H groups in total. The predicted octanol–water partition coefficient (Wildman–Crippen LogP) is 2.49. The fourth-order valence-electron chi connectivity index (χ4n) is 2.89. The summed E-state index contributed by atoms with van der Waals surface area (Å²) in [5, 5.41) is 4.98. The number of thiophene rings is 1. The Morgan fingerprint density at radius 3 is 2.78 bits per heavy atom. The Labute approximate surface area is 140 Å². The normalized spacial score (nSPS) is 18.7. The first-order valence-electron chi connectivity index (χ1n) is 7.77. The van der Waals surface area contributed by atoms with Crippen LogP contribution in [0.1, 0.15) is 27.7 Å². The largest absolute Gasteiger partial charge is 0.353 e. The molecule has 1 aliphatic heterocycles. The van der Waals surface area contributed by atoms with Crippen molar-refractivity contribution in [3.63, 3.8) is 0 Å². The van der Waals surface area contributed by atoms with Crippen molar-refractivity contribution in [1.29, 1.82) is 0 Å². The summed E-state index contributed by atoms with van der Waals surface area (Å²) in [5.74, 6) is 0.181. The minimum absolute atomic E-state index is 0.0853. The van der Waals surface area contributed by atoms with E-state index < -0.39 is 0 Å². The van der Waals surface area contributed by atoms with E-state index in [1.165, 1.54) is 11.3 Å². The van der Waals surface area contributed by atoms with Crippen molar-refractivity contribution in [2.24, 2.45) is 0 Å². The number of nitrogens with one attached hydrogen (secondary N) is 1. The first kappa shape index (κ1) is 15.9. The molecule has 1 saturated heterocycles. The van der Waals surface area contributed by atoms with Crippen LogP contribution < -0.4 is 5.32 Å². The Balaban J connectivity index is 1.74. The highest BCUT2D eigenvalue weighted by atomic mass is 32.1. The Morgan fingerprint density at radius 2 is 2.09 bits per heavy atom. The van der Waals surface area contributed by atoms with Gasteiger partial charge >= 0.3 is 0 Å². The first-order chi connectivity index (χ1) is 11.1. The third kappa shape index (κ3) is 3.86. The lowest BCUT2D eigenvalue weighted by Gasteiger charge is -2.35. The first-order valence-corrected chi connectivity index (χ1v) is 8.65. The molecule has 4 nitrogen and oxygen atoms in total.